The Kier molecular flexibility index (Phi) is 55.8. The number of benzene rings is 4. The fourth-order valence-electron chi connectivity index (χ4n) is 17.7. The molecule has 0 radical (unpaired) electrons. The van der Waals surface area contributed by atoms with Crippen molar-refractivity contribution in [3.05, 3.63) is 193 Å². The zero-order chi connectivity index (χ0) is 103. The van der Waals surface area contributed by atoms with Gasteiger partial charge in [0.25, 0.3) is 1.45 Å². The summed E-state index contributed by atoms with van der Waals surface area (Å²) in [4.78, 5) is 191. The van der Waals surface area contributed by atoms with Crippen LogP contribution in [0.3, 0.4) is 0 Å². The lowest BCUT2D eigenvalue weighted by Gasteiger charge is -2.35. The van der Waals surface area contributed by atoms with Crippen molar-refractivity contribution in [3.8, 4) is 0 Å². The number of hydrogen-bond acceptors (Lipinski definition) is 18. The molecule has 7 aliphatic rings. The van der Waals surface area contributed by atoms with Crippen LogP contribution in [-0.2, 0) is 92.7 Å². The Labute approximate surface area is 857 Å². The molecule has 0 spiro atoms. The number of ether oxygens (including phenoxy) is 2. The van der Waals surface area contributed by atoms with Gasteiger partial charge in [0, 0.05) is 67.2 Å². The smallest absolute Gasteiger partial charge is 0.410 e. The molecule has 16 atom stereocenters. The summed E-state index contributed by atoms with van der Waals surface area (Å²) in [7, 11) is 7.64. The topological polar surface area (TPSA) is 397 Å². The number of hydrogen-bond donors (Lipinski definition) is 10. The minimum atomic E-state index is -0.936. The Morgan fingerprint density at radius 2 is 0.755 bits per heavy atom. The monoisotopic (exact) mass is 2000 g/mol. The van der Waals surface area contributed by atoms with E-state index in [2.05, 4.69) is 73.9 Å². The first-order valence-corrected chi connectivity index (χ1v) is 48.4. The average molecular weight is 2000 g/mol. The lowest BCUT2D eigenvalue weighted by atomic mass is 9.98. The van der Waals surface area contributed by atoms with Crippen LogP contribution in [0, 0.1) is 0 Å². The van der Waals surface area contributed by atoms with Gasteiger partial charge in [-0.2, -0.15) is 0 Å². The molecule has 5 saturated heterocycles. The first-order valence-electron chi connectivity index (χ1n) is 49.8. The maximum absolute atomic E-state index is 13.8. The first-order chi connectivity index (χ1) is 66.9. The lowest BCUT2D eigenvalue weighted by molar-refractivity contribution is -0.144. The third kappa shape index (κ3) is 39.2. The van der Waals surface area contributed by atoms with Crippen LogP contribution in [0.2, 0.25) is 0 Å². The summed E-state index contributed by atoms with van der Waals surface area (Å²) in [5, 5.41) is 29.1. The third-order valence-corrected chi connectivity index (χ3v) is 25.9. The van der Waals surface area contributed by atoms with Crippen LogP contribution >= 0.6 is 0 Å². The molecule has 32 nitrogen and oxygen atoms in total. The van der Waals surface area contributed by atoms with E-state index < -0.39 is 102 Å². The van der Waals surface area contributed by atoms with Crippen LogP contribution in [0.25, 0.3) is 0 Å². The first kappa shape index (κ1) is 125. The van der Waals surface area contributed by atoms with Gasteiger partial charge in [-0.3, -0.25) is 72.1 Å². The summed E-state index contributed by atoms with van der Waals surface area (Å²) in [6.07, 6.45) is 24.6. The van der Waals surface area contributed by atoms with Crippen molar-refractivity contribution >= 4 is 83.1 Å². The van der Waals surface area contributed by atoms with Gasteiger partial charge in [-0.25, -0.2) is 9.59 Å². The molecule has 0 bridgehead atoms. The van der Waals surface area contributed by atoms with Gasteiger partial charge in [-0.1, -0.05) is 215 Å². The molecule has 10 N–H and O–H groups in total. The molecule has 143 heavy (non-hydrogen) atoms. The molecule has 0 unspecified atom stereocenters. The van der Waals surface area contributed by atoms with E-state index in [-0.39, 0.29) is 134 Å². The molecule has 14 amide bonds. The van der Waals surface area contributed by atoms with Crippen molar-refractivity contribution in [2.45, 2.75) is 363 Å². The van der Waals surface area contributed by atoms with E-state index in [4.69, 9.17) is 15.6 Å². The van der Waals surface area contributed by atoms with E-state index in [9.17, 15) is 67.1 Å². The van der Waals surface area contributed by atoms with Crippen LogP contribution in [0.5, 0.6) is 0 Å². The molecule has 5 fully saturated rings. The second-order valence-electron chi connectivity index (χ2n) is 38.1. The minimum Gasteiger partial charge on any atom is -0.444 e. The van der Waals surface area contributed by atoms with Crippen molar-refractivity contribution in [2.75, 3.05) is 54.4 Å². The second kappa shape index (κ2) is 63.8. The number of fused-ring (bicyclic) bond motifs is 3. The third-order valence-electron chi connectivity index (χ3n) is 25.9. The highest BCUT2D eigenvalue weighted by Crippen LogP contribution is 2.35. The molecule has 7 heterocycles. The number of nitrogens with one attached hydrogen (secondary N) is 10. The summed E-state index contributed by atoms with van der Waals surface area (Å²) in [6, 6.07) is 32.0. The Morgan fingerprint density at radius 1 is 0.441 bits per heavy atom. The molecule has 7 aliphatic heterocycles. The molecule has 0 aromatic heterocycles. The van der Waals surface area contributed by atoms with Gasteiger partial charge in [-0.15, -0.1) is 13.2 Å². The van der Waals surface area contributed by atoms with Crippen molar-refractivity contribution in [1.29, 1.82) is 1.45 Å². The van der Waals surface area contributed by atoms with E-state index in [0.29, 0.717) is 103 Å². The molecule has 800 valence electrons. The molecule has 33 heteroatoms. The largest absolute Gasteiger partial charge is 0.444 e. The molecule has 0 aliphatic carbocycles. The van der Waals surface area contributed by atoms with Gasteiger partial charge in [0.2, 0.25) is 70.9 Å². The lowest BCUT2D eigenvalue weighted by Crippen LogP contribution is -2.58. The Bertz CT molecular complexity index is 4730. The van der Waals surface area contributed by atoms with Crippen molar-refractivity contribution in [1.82, 2.24) is 82.6 Å². The van der Waals surface area contributed by atoms with Crippen molar-refractivity contribution in [2.24, 2.45) is 0 Å². The maximum atomic E-state index is 13.8. The van der Waals surface area contributed by atoms with Crippen LogP contribution < -0.4 is 53.2 Å². The standard InChI is InChI=1S/C30H44N4O5.C28H40N4O5.C23H34N4O3.C23H32N4O3.6CH4.FH.H2/c1-8-13-23-17-18-25(27(36)31-20-19-22-15-11-10-12-16-22)34(23)28(37)24(14-9-2)32-26(35)21(3)33(7)29(38)39-30(4,5)6;1-19(31(5)27(36)37-28(2,3)4)24(33)30-22-14-10-9-13-21-15-16-23(32(21)26(22)35)25(34)29-18-17-20-11-7-6-8-12-20;2*1-16(24-2)21(28)26-19-11-7-6-10-18-12-13-20(27(18)23(19)30)22(29)25-15-14-17-8-4-3-5-9-17;;;;;;;;/h8-12,15-16,21,23-25H,1-2,13-14,17-20H2,3-7H3,(H,31,36)(H,32,35);6-12,19,21-23H,13-18H2,1-5H3,(H,29,34)(H,30,33);3-5,8-9,16,18-20,24H,6-7,10-15H2,1-2H3,(H,25,29)(H,26,28);3-9,16,18-20,24H,10-15H2,1-2H3,(H,25,29)(H,26,28);6*1H4;2*1H/b;10-9-;;7-6-;;;;;;;;/t21-,23-,24-,25-;19-,21-,22-,23-;2*16-,18-,19-,20-;;;;;;;;/m0000......../s1/i;;;;1D;;;;;;;/hT. The van der Waals surface area contributed by atoms with Crippen LogP contribution in [0.4, 0.5) is 14.3 Å². The number of halogens is 1. The predicted molar refractivity (Wildman–Crippen MR) is 569 cm³/mol. The number of rotatable bonds is 33. The number of nitrogens with zero attached hydrogens (tertiary/aromatic N) is 6. The van der Waals surface area contributed by atoms with Crippen LogP contribution in [-0.4, -0.2) is 276 Å². The van der Waals surface area contributed by atoms with Gasteiger partial charge in [0.05, 0.1) is 12.1 Å². The Morgan fingerprint density at radius 3 is 1.11 bits per heavy atom. The second-order valence-corrected chi connectivity index (χ2v) is 38.1. The zero-order valence-electron chi connectivity index (χ0n) is 85.6. The van der Waals surface area contributed by atoms with Gasteiger partial charge < -0.3 is 82.2 Å². The van der Waals surface area contributed by atoms with E-state index in [0.717, 1.165) is 74.5 Å². The number of likely N-dealkylation sites (N-methyl/N-ethyl adjacent to an activating group) is 4. The summed E-state index contributed by atoms with van der Waals surface area (Å²) < 4.78 is 29.5. The van der Waals surface area contributed by atoms with Gasteiger partial charge in [0.15, 0.2) is 0 Å². The highest BCUT2D eigenvalue weighted by Gasteiger charge is 2.49. The molecule has 4 aromatic carbocycles. The maximum Gasteiger partial charge on any atom is 0.410 e. The molecule has 11 rings (SSSR count). The highest BCUT2D eigenvalue weighted by atomic mass is 19.0. The van der Waals surface area contributed by atoms with Crippen LogP contribution in [0.1, 0.15) is 254 Å². The fraction of sp³-hybridized carbons (Fsp3) is 0.582. The minimum absolute atomic E-state index is 0. The summed E-state index contributed by atoms with van der Waals surface area (Å²) in [5.74, 6) is -2.85. The normalized spacial score (nSPS) is 21.8. The van der Waals surface area contributed by atoms with E-state index in [1.54, 1.807) is 115 Å². The summed E-state index contributed by atoms with van der Waals surface area (Å²) >= 11 is 0. The SMILES string of the molecule is C.C.C.C.C.C=CC[C@H]1CC[C@@H](C(=O)NCCc2ccccc2)N1C(=O)[C@H](CC=C)NC(=O)[C@H](C)N(C)C(=O)OC(C)(C)C.CN[C@@H](C)C(=O)N[C@H]1C/C=C\C[C@H]2CC[C@@H](C(=O)NCCc3ccccc3)N2C1=O.CN[C@@H](C)C(=O)N[C@H]1CCCC[C@H]2CC[C@@H](C(=O)NCCc3ccccc3)N2C1=O.C[C@@H](C(=O)N[C@H]1C/C=C\C[C@H]2CC[C@@H](C(=O)NCCc3ccccc3)N2C1=O)N(C)C(=O)OC(C)(C)C.[2H]C.[3H]F.[HH]. The Balaban J connectivity index is 0.00000188. The molecular formula is C110H177FN16O16. The summed E-state index contributed by atoms with van der Waals surface area (Å²) in [5.41, 5.74) is 3.18. The van der Waals surface area contributed by atoms with Crippen molar-refractivity contribution in [3.63, 3.8) is 0 Å². The number of likely N-dealkylation sites (tertiary alicyclic amines) is 1. The molecule has 0 saturated carbocycles. The van der Waals surface area contributed by atoms with Crippen molar-refractivity contribution < 1.29 is 84.1 Å². The fourth-order valence-corrected chi connectivity index (χ4v) is 17.7. The van der Waals surface area contributed by atoms with Gasteiger partial charge in [-0.05, 0) is 234 Å². The average Bonchev–Trinajstić information content (AvgIpc) is 1.64. The van der Waals surface area contributed by atoms with E-state index in [1.165, 1.54) is 36.9 Å². The predicted octanol–water partition coefficient (Wildman–Crippen LogP) is 13.1. The number of amides is 14. The van der Waals surface area contributed by atoms with E-state index in [1.807, 2.05) is 140 Å². The highest BCUT2D eigenvalue weighted by molar-refractivity contribution is 5.98. The zero-order valence-corrected chi connectivity index (χ0v) is 83.6. The van der Waals surface area contributed by atoms with Gasteiger partial charge in [0.1, 0.15) is 71.6 Å². The molecule has 4 aromatic rings. The summed E-state index contributed by atoms with van der Waals surface area (Å²) in [6.45, 7) is 26.7. The molecular weight excluding hydrogens is 1820 g/mol. The quantitative estimate of drug-likeness (QED) is 0.0198. The number of carbonyl (C=O) groups is 14. The van der Waals surface area contributed by atoms with Crippen LogP contribution in [0.15, 0.2) is 171 Å². The van der Waals surface area contributed by atoms with Gasteiger partial charge >= 0.3 is 12.2 Å². The Hall–Kier alpha value is -12.1. The van der Waals surface area contributed by atoms with E-state index >= 15 is 0 Å². The number of carbonyl (C=O) groups excluding carboxylic acids is 14.